The molecule has 5 heteroatoms. The molecular formula is C26H29N3O2. The van der Waals surface area contributed by atoms with Crippen molar-refractivity contribution in [2.45, 2.75) is 39.7 Å². The maximum atomic E-state index is 13.3. The Morgan fingerprint density at radius 2 is 1.61 bits per heavy atom. The number of rotatable bonds is 3. The van der Waals surface area contributed by atoms with E-state index in [0.29, 0.717) is 18.7 Å². The predicted molar refractivity (Wildman–Crippen MR) is 124 cm³/mol. The highest BCUT2D eigenvalue weighted by Crippen LogP contribution is 2.26. The van der Waals surface area contributed by atoms with Gasteiger partial charge in [-0.1, -0.05) is 69.3 Å². The first-order chi connectivity index (χ1) is 14.8. The lowest BCUT2D eigenvalue weighted by molar-refractivity contribution is -0.140. The second-order valence-corrected chi connectivity index (χ2v) is 9.23. The van der Waals surface area contributed by atoms with Gasteiger partial charge in [0.05, 0.1) is 16.8 Å². The number of benzene rings is 2. The van der Waals surface area contributed by atoms with E-state index in [1.165, 1.54) is 0 Å². The highest BCUT2D eigenvalue weighted by atomic mass is 16.2. The van der Waals surface area contributed by atoms with E-state index >= 15 is 0 Å². The van der Waals surface area contributed by atoms with Crippen LogP contribution in [-0.2, 0) is 4.79 Å². The molecule has 2 amide bonds. The third-order valence-corrected chi connectivity index (χ3v) is 5.79. The standard InChI is InChI=1S/C26H29N3O2/c1-26(2,3)25(31)29-15-13-19(14-16-29)27-24(30)21-17-23(18-9-5-4-6-10-18)28-22-12-8-7-11-20(21)22/h4-12,17,19H,13-16H2,1-3H3,(H,27,30). The van der Waals surface area contributed by atoms with Crippen LogP contribution >= 0.6 is 0 Å². The van der Waals surface area contributed by atoms with Crippen LogP contribution in [0.1, 0.15) is 44.0 Å². The minimum Gasteiger partial charge on any atom is -0.349 e. The molecule has 3 aromatic rings. The van der Waals surface area contributed by atoms with E-state index in [1.54, 1.807) is 0 Å². The average Bonchev–Trinajstić information content (AvgIpc) is 2.78. The maximum absolute atomic E-state index is 13.3. The van der Waals surface area contributed by atoms with Crippen molar-refractivity contribution in [3.05, 3.63) is 66.2 Å². The molecule has 2 heterocycles. The summed E-state index contributed by atoms with van der Waals surface area (Å²) >= 11 is 0. The van der Waals surface area contributed by atoms with Crippen LogP contribution in [-0.4, -0.2) is 40.8 Å². The van der Waals surface area contributed by atoms with Gasteiger partial charge in [0.1, 0.15) is 0 Å². The number of carbonyl (C=O) groups is 2. The number of piperidine rings is 1. The summed E-state index contributed by atoms with van der Waals surface area (Å²) in [5.74, 6) is 0.0845. The molecule has 5 nitrogen and oxygen atoms in total. The monoisotopic (exact) mass is 415 g/mol. The first-order valence-corrected chi connectivity index (χ1v) is 10.9. The molecule has 0 radical (unpaired) electrons. The van der Waals surface area contributed by atoms with Crippen LogP contribution in [0, 0.1) is 5.41 Å². The number of nitrogens with zero attached hydrogens (tertiary/aromatic N) is 2. The molecule has 4 rings (SSSR count). The number of fused-ring (bicyclic) bond motifs is 1. The van der Waals surface area contributed by atoms with Gasteiger partial charge < -0.3 is 10.2 Å². The van der Waals surface area contributed by atoms with Crippen molar-refractivity contribution in [2.75, 3.05) is 13.1 Å². The van der Waals surface area contributed by atoms with E-state index in [2.05, 4.69) is 5.32 Å². The molecule has 1 aliphatic rings. The van der Waals surface area contributed by atoms with Gasteiger partial charge in [0, 0.05) is 35.5 Å². The fraction of sp³-hybridized carbons (Fsp3) is 0.346. The second-order valence-electron chi connectivity index (χ2n) is 9.23. The van der Waals surface area contributed by atoms with Crippen molar-refractivity contribution in [2.24, 2.45) is 5.41 Å². The van der Waals surface area contributed by atoms with Gasteiger partial charge in [0.15, 0.2) is 0 Å². The Kier molecular flexibility index (Phi) is 5.77. The molecule has 0 bridgehead atoms. The minimum absolute atomic E-state index is 0.0589. The maximum Gasteiger partial charge on any atom is 0.252 e. The van der Waals surface area contributed by atoms with Gasteiger partial charge in [-0.05, 0) is 25.0 Å². The molecule has 0 unspecified atom stereocenters. The molecule has 31 heavy (non-hydrogen) atoms. The summed E-state index contributed by atoms with van der Waals surface area (Å²) < 4.78 is 0. The average molecular weight is 416 g/mol. The third kappa shape index (κ3) is 4.61. The number of aromatic nitrogens is 1. The Hall–Kier alpha value is -3.21. The Morgan fingerprint density at radius 1 is 0.968 bits per heavy atom. The van der Waals surface area contributed by atoms with Crippen LogP contribution in [0.15, 0.2) is 60.7 Å². The summed E-state index contributed by atoms with van der Waals surface area (Å²) in [6, 6.07) is 19.6. The lowest BCUT2D eigenvalue weighted by Crippen LogP contribution is -2.49. The van der Waals surface area contributed by atoms with Crippen LogP contribution < -0.4 is 5.32 Å². The summed E-state index contributed by atoms with van der Waals surface area (Å²) in [4.78, 5) is 32.5. The number of amides is 2. The zero-order valence-electron chi connectivity index (χ0n) is 18.4. The van der Waals surface area contributed by atoms with Gasteiger partial charge in [0.2, 0.25) is 5.91 Å². The van der Waals surface area contributed by atoms with Crippen molar-refractivity contribution in [3.8, 4) is 11.3 Å². The summed E-state index contributed by atoms with van der Waals surface area (Å²) in [6.07, 6.45) is 1.53. The number of hydrogen-bond donors (Lipinski definition) is 1. The molecule has 160 valence electrons. The number of hydrogen-bond acceptors (Lipinski definition) is 3. The molecule has 0 atom stereocenters. The Balaban J connectivity index is 1.54. The molecule has 1 N–H and O–H groups in total. The molecule has 0 aliphatic carbocycles. The van der Waals surface area contributed by atoms with Crippen molar-refractivity contribution in [1.82, 2.24) is 15.2 Å². The van der Waals surface area contributed by atoms with Crippen molar-refractivity contribution < 1.29 is 9.59 Å². The lowest BCUT2D eigenvalue weighted by Gasteiger charge is -2.36. The van der Waals surface area contributed by atoms with E-state index in [0.717, 1.165) is 35.0 Å². The fourth-order valence-electron chi connectivity index (χ4n) is 4.08. The van der Waals surface area contributed by atoms with Crippen molar-refractivity contribution in [3.63, 3.8) is 0 Å². The molecule has 1 aliphatic heterocycles. The van der Waals surface area contributed by atoms with E-state index in [4.69, 9.17) is 4.98 Å². The summed E-state index contributed by atoms with van der Waals surface area (Å²) in [5, 5.41) is 4.05. The van der Waals surface area contributed by atoms with Crippen LogP contribution in [0.3, 0.4) is 0 Å². The Morgan fingerprint density at radius 3 is 2.29 bits per heavy atom. The molecule has 1 fully saturated rings. The SMILES string of the molecule is CC(C)(C)C(=O)N1CCC(NC(=O)c2cc(-c3ccccc3)nc3ccccc23)CC1. The third-order valence-electron chi connectivity index (χ3n) is 5.79. The van der Waals surface area contributed by atoms with Crippen LogP contribution in [0.5, 0.6) is 0 Å². The highest BCUT2D eigenvalue weighted by Gasteiger charge is 2.31. The molecule has 0 spiro atoms. The molecule has 2 aromatic carbocycles. The molecule has 1 aromatic heterocycles. The summed E-state index contributed by atoms with van der Waals surface area (Å²) in [6.45, 7) is 7.19. The quantitative estimate of drug-likeness (QED) is 0.676. The summed E-state index contributed by atoms with van der Waals surface area (Å²) in [7, 11) is 0. The van der Waals surface area contributed by atoms with E-state index < -0.39 is 0 Å². The number of nitrogens with one attached hydrogen (secondary N) is 1. The largest absolute Gasteiger partial charge is 0.349 e. The molecular weight excluding hydrogens is 386 g/mol. The van der Waals surface area contributed by atoms with Crippen LogP contribution in [0.4, 0.5) is 0 Å². The van der Waals surface area contributed by atoms with E-state index in [-0.39, 0.29) is 23.3 Å². The number of likely N-dealkylation sites (tertiary alicyclic amines) is 1. The number of para-hydroxylation sites is 1. The molecule has 0 saturated carbocycles. The first kappa shape index (κ1) is 21.0. The number of pyridine rings is 1. The van der Waals surface area contributed by atoms with Crippen LogP contribution in [0.2, 0.25) is 0 Å². The van der Waals surface area contributed by atoms with Crippen LogP contribution in [0.25, 0.3) is 22.2 Å². The van der Waals surface area contributed by atoms with Crippen molar-refractivity contribution in [1.29, 1.82) is 0 Å². The smallest absolute Gasteiger partial charge is 0.252 e. The fourth-order valence-corrected chi connectivity index (χ4v) is 4.08. The van der Waals surface area contributed by atoms with Gasteiger partial charge in [-0.25, -0.2) is 4.98 Å². The van der Waals surface area contributed by atoms with Gasteiger partial charge in [-0.3, -0.25) is 9.59 Å². The predicted octanol–water partition coefficient (Wildman–Crippen LogP) is 4.67. The Labute approximate surface area is 183 Å². The zero-order valence-corrected chi connectivity index (χ0v) is 18.4. The number of carbonyl (C=O) groups excluding carboxylic acids is 2. The van der Waals surface area contributed by atoms with Gasteiger partial charge >= 0.3 is 0 Å². The zero-order chi connectivity index (χ0) is 22.0. The minimum atomic E-state index is -0.375. The second kappa shape index (κ2) is 8.50. The Bertz CT molecular complexity index is 1090. The topological polar surface area (TPSA) is 62.3 Å². The normalized spacial score (nSPS) is 15.1. The van der Waals surface area contributed by atoms with Gasteiger partial charge in [0.25, 0.3) is 5.91 Å². The first-order valence-electron chi connectivity index (χ1n) is 10.9. The van der Waals surface area contributed by atoms with Gasteiger partial charge in [-0.15, -0.1) is 0 Å². The van der Waals surface area contributed by atoms with E-state index in [1.807, 2.05) is 86.3 Å². The lowest BCUT2D eigenvalue weighted by atomic mass is 9.93. The van der Waals surface area contributed by atoms with Gasteiger partial charge in [-0.2, -0.15) is 0 Å². The van der Waals surface area contributed by atoms with E-state index in [9.17, 15) is 9.59 Å². The molecule has 1 saturated heterocycles. The van der Waals surface area contributed by atoms with Crippen molar-refractivity contribution >= 4 is 22.7 Å². The highest BCUT2D eigenvalue weighted by molar-refractivity contribution is 6.07. The summed E-state index contributed by atoms with van der Waals surface area (Å²) in [5.41, 5.74) is 2.84.